The Morgan fingerprint density at radius 3 is 1.83 bits per heavy atom. The highest BCUT2D eigenvalue weighted by atomic mass is 16.5. The van der Waals surface area contributed by atoms with Crippen LogP contribution in [0.4, 0.5) is 0 Å². The molecule has 0 bridgehead atoms. The summed E-state index contributed by atoms with van der Waals surface area (Å²) in [4.78, 5) is 36.7. The van der Waals surface area contributed by atoms with Crippen LogP contribution in [0, 0.1) is 5.92 Å². The minimum absolute atomic E-state index is 0.0471. The average Bonchev–Trinajstić information content (AvgIpc) is 2.74. The Balaban J connectivity index is 2.53. The van der Waals surface area contributed by atoms with Gasteiger partial charge in [0, 0.05) is 6.42 Å². The molecule has 0 aliphatic heterocycles. The van der Waals surface area contributed by atoms with E-state index in [0.29, 0.717) is 30.4 Å². The second-order valence-corrected chi connectivity index (χ2v) is 7.14. The summed E-state index contributed by atoms with van der Waals surface area (Å²) >= 11 is 0. The van der Waals surface area contributed by atoms with Crippen LogP contribution in [0.15, 0.2) is 60.7 Å². The molecule has 2 rings (SSSR count). The Hall–Kier alpha value is -3.15. The molecule has 0 spiro atoms. The molecule has 0 aliphatic rings. The Morgan fingerprint density at radius 2 is 1.40 bits per heavy atom. The van der Waals surface area contributed by atoms with Crippen molar-refractivity contribution in [1.29, 1.82) is 0 Å². The van der Waals surface area contributed by atoms with Gasteiger partial charge in [0.15, 0.2) is 0 Å². The third-order valence-electron chi connectivity index (χ3n) is 5.27. The molecule has 0 aromatic heterocycles. The van der Waals surface area contributed by atoms with Crippen LogP contribution in [-0.2, 0) is 24.5 Å². The van der Waals surface area contributed by atoms with Crippen LogP contribution in [0.2, 0.25) is 0 Å². The van der Waals surface area contributed by atoms with Crippen LogP contribution in [0.25, 0.3) is 0 Å². The molecule has 2 aromatic carbocycles. The molecule has 0 radical (unpaired) electrons. The van der Waals surface area contributed by atoms with E-state index in [9.17, 15) is 19.5 Å². The molecule has 6 nitrogen and oxygen atoms in total. The smallest absolute Gasteiger partial charge is 0.319 e. The zero-order valence-corrected chi connectivity index (χ0v) is 17.1. The second-order valence-electron chi connectivity index (χ2n) is 7.14. The first-order chi connectivity index (χ1) is 14.4. The maximum absolute atomic E-state index is 13.0. The van der Waals surface area contributed by atoms with Gasteiger partial charge < -0.3 is 14.9 Å². The van der Waals surface area contributed by atoms with Crippen LogP contribution < -0.4 is 0 Å². The van der Waals surface area contributed by atoms with E-state index in [-0.39, 0.29) is 19.4 Å². The highest BCUT2D eigenvalue weighted by molar-refractivity contribution is 5.93. The number of ether oxygens (including phenoxy) is 1. The quantitative estimate of drug-likeness (QED) is 0.399. The number of benzene rings is 2. The number of carbonyl (C=O) groups excluding carboxylic acids is 1. The summed E-state index contributed by atoms with van der Waals surface area (Å²) in [6, 6.07) is 17.5. The van der Waals surface area contributed by atoms with Gasteiger partial charge in [0.2, 0.25) is 0 Å². The van der Waals surface area contributed by atoms with Gasteiger partial charge in [0.1, 0.15) is 5.41 Å². The fraction of sp³-hybridized carbons (Fsp3) is 0.375. The SMILES string of the molecule is CCOC(=O)C(CCCCCC(=O)O)C(C(=O)O)(c1ccccc1)c1ccccc1. The maximum atomic E-state index is 13.0. The van der Waals surface area contributed by atoms with Crippen LogP contribution in [0.3, 0.4) is 0 Å². The Labute approximate surface area is 176 Å². The first kappa shape index (κ1) is 23.1. The van der Waals surface area contributed by atoms with E-state index >= 15 is 0 Å². The van der Waals surface area contributed by atoms with Crippen molar-refractivity contribution in [3.8, 4) is 0 Å². The number of aliphatic carboxylic acids is 2. The summed E-state index contributed by atoms with van der Waals surface area (Å²) in [6.07, 6.45) is 1.90. The van der Waals surface area contributed by atoms with Crippen LogP contribution >= 0.6 is 0 Å². The first-order valence-corrected chi connectivity index (χ1v) is 10.2. The van der Waals surface area contributed by atoms with Crippen molar-refractivity contribution in [2.45, 2.75) is 44.4 Å². The molecule has 2 N–H and O–H groups in total. The van der Waals surface area contributed by atoms with E-state index in [2.05, 4.69) is 0 Å². The molecular formula is C24H28O6. The van der Waals surface area contributed by atoms with Crippen molar-refractivity contribution in [3.63, 3.8) is 0 Å². The van der Waals surface area contributed by atoms with Crippen molar-refractivity contribution >= 4 is 17.9 Å². The zero-order chi connectivity index (χ0) is 22.0. The molecule has 160 valence electrons. The highest BCUT2D eigenvalue weighted by Crippen LogP contribution is 2.43. The van der Waals surface area contributed by atoms with Crippen molar-refractivity contribution < 1.29 is 29.3 Å². The molecule has 0 saturated heterocycles. The third-order valence-corrected chi connectivity index (χ3v) is 5.27. The van der Waals surface area contributed by atoms with Crippen molar-refractivity contribution in [2.75, 3.05) is 6.61 Å². The fourth-order valence-electron chi connectivity index (χ4n) is 3.92. The van der Waals surface area contributed by atoms with E-state index in [0.717, 1.165) is 0 Å². The van der Waals surface area contributed by atoms with Crippen LogP contribution in [0.5, 0.6) is 0 Å². The van der Waals surface area contributed by atoms with Crippen LogP contribution in [0.1, 0.15) is 50.2 Å². The Morgan fingerprint density at radius 1 is 0.867 bits per heavy atom. The lowest BCUT2D eigenvalue weighted by atomic mass is 9.64. The number of carboxylic acids is 2. The summed E-state index contributed by atoms with van der Waals surface area (Å²) in [7, 11) is 0. The summed E-state index contributed by atoms with van der Waals surface area (Å²) in [5.74, 6) is -3.51. The van der Waals surface area contributed by atoms with Gasteiger partial charge in [-0.1, -0.05) is 73.5 Å². The normalized spacial score (nSPS) is 12.2. The highest BCUT2D eigenvalue weighted by Gasteiger charge is 2.52. The number of hydrogen-bond donors (Lipinski definition) is 2. The van der Waals surface area contributed by atoms with Gasteiger partial charge in [-0.3, -0.25) is 14.4 Å². The predicted octanol–water partition coefficient (Wildman–Crippen LogP) is 4.27. The molecule has 6 heteroatoms. The molecule has 2 aromatic rings. The average molecular weight is 412 g/mol. The lowest BCUT2D eigenvalue weighted by molar-refractivity contribution is -0.158. The van der Waals surface area contributed by atoms with E-state index in [4.69, 9.17) is 9.84 Å². The Bertz CT molecular complexity index is 792. The topological polar surface area (TPSA) is 101 Å². The monoisotopic (exact) mass is 412 g/mol. The van der Waals surface area contributed by atoms with Gasteiger partial charge >= 0.3 is 17.9 Å². The number of esters is 1. The van der Waals surface area contributed by atoms with E-state index in [1.54, 1.807) is 67.6 Å². The van der Waals surface area contributed by atoms with E-state index in [1.165, 1.54) is 0 Å². The Kier molecular flexibility index (Phi) is 8.59. The van der Waals surface area contributed by atoms with E-state index < -0.39 is 29.2 Å². The summed E-state index contributed by atoms with van der Waals surface area (Å²) in [5.41, 5.74) is -0.596. The molecule has 30 heavy (non-hydrogen) atoms. The standard InChI is InChI=1S/C24H28O6/c1-2-30-22(27)20(16-10-5-11-17-21(25)26)24(23(28)29,18-12-6-3-7-13-18)19-14-8-4-9-15-19/h3-4,6-9,12-15,20H,2,5,10-11,16-17H2,1H3,(H,25,26)(H,28,29). The molecular weight excluding hydrogens is 384 g/mol. The molecule has 0 amide bonds. The third kappa shape index (κ3) is 5.26. The second kappa shape index (κ2) is 11.1. The summed E-state index contributed by atoms with van der Waals surface area (Å²) in [5, 5.41) is 19.3. The molecule has 0 fully saturated rings. The number of carbonyl (C=O) groups is 3. The van der Waals surface area contributed by atoms with Gasteiger partial charge in [-0.15, -0.1) is 0 Å². The predicted molar refractivity (Wildman–Crippen MR) is 112 cm³/mol. The fourth-order valence-corrected chi connectivity index (χ4v) is 3.92. The van der Waals surface area contributed by atoms with Gasteiger partial charge in [-0.2, -0.15) is 0 Å². The number of hydrogen-bond acceptors (Lipinski definition) is 4. The maximum Gasteiger partial charge on any atom is 0.319 e. The van der Waals surface area contributed by atoms with Crippen molar-refractivity contribution in [3.05, 3.63) is 71.8 Å². The number of rotatable bonds is 12. The lowest BCUT2D eigenvalue weighted by Crippen LogP contribution is -2.48. The number of unbranched alkanes of at least 4 members (excludes halogenated alkanes) is 2. The lowest BCUT2D eigenvalue weighted by Gasteiger charge is -2.37. The minimum Gasteiger partial charge on any atom is -0.481 e. The molecule has 0 aliphatic carbocycles. The molecule has 1 atom stereocenters. The van der Waals surface area contributed by atoms with Gasteiger partial charge in [0.05, 0.1) is 12.5 Å². The number of carboxylic acid groups (broad SMARTS) is 2. The van der Waals surface area contributed by atoms with Gasteiger partial charge in [-0.25, -0.2) is 0 Å². The van der Waals surface area contributed by atoms with Gasteiger partial charge in [-0.05, 0) is 30.9 Å². The van der Waals surface area contributed by atoms with Crippen molar-refractivity contribution in [2.24, 2.45) is 5.92 Å². The molecule has 0 saturated carbocycles. The first-order valence-electron chi connectivity index (χ1n) is 10.2. The van der Waals surface area contributed by atoms with E-state index in [1.807, 2.05) is 0 Å². The zero-order valence-electron chi connectivity index (χ0n) is 17.1. The van der Waals surface area contributed by atoms with Crippen molar-refractivity contribution in [1.82, 2.24) is 0 Å². The van der Waals surface area contributed by atoms with Crippen LogP contribution in [-0.4, -0.2) is 34.7 Å². The molecule has 0 heterocycles. The van der Waals surface area contributed by atoms with Gasteiger partial charge in [0.25, 0.3) is 0 Å². The summed E-state index contributed by atoms with van der Waals surface area (Å²) in [6.45, 7) is 1.84. The largest absolute Gasteiger partial charge is 0.481 e. The summed E-state index contributed by atoms with van der Waals surface area (Å²) < 4.78 is 5.30. The minimum atomic E-state index is -1.61. The molecule has 1 unspecified atom stereocenters.